The number of anilines is 3. The molecule has 0 aromatic heterocycles. The zero-order valence-electron chi connectivity index (χ0n) is 38.6. The molecular weight excluding hydrogens is 879 g/mol. The lowest BCUT2D eigenvalue weighted by molar-refractivity contribution is 0.436. The van der Waals surface area contributed by atoms with Gasteiger partial charge in [0.2, 0.25) is 0 Å². The molecule has 0 amide bonds. The van der Waals surface area contributed by atoms with E-state index < -0.39 is 10.8 Å². The Bertz CT molecular complexity index is 3870. The van der Waals surface area contributed by atoms with Crippen LogP contribution in [0.15, 0.2) is 271 Å². The average Bonchev–Trinajstić information content (AvgIpc) is 3.90. The Balaban J connectivity index is 1.05. The Labute approximate surface area is 418 Å². The van der Waals surface area contributed by atoms with Gasteiger partial charge in [-0.25, -0.2) is 0 Å². The van der Waals surface area contributed by atoms with Crippen molar-refractivity contribution in [2.75, 3.05) is 4.90 Å². The summed E-state index contributed by atoms with van der Waals surface area (Å²) in [5.74, 6) is 1.77. The lowest BCUT2D eigenvalue weighted by Gasteiger charge is -2.42. The van der Waals surface area contributed by atoms with E-state index in [2.05, 4.69) is 266 Å². The zero-order valence-corrected chi connectivity index (χ0v) is 39.4. The molecule has 0 unspecified atom stereocenters. The van der Waals surface area contributed by atoms with Crippen LogP contribution in [-0.4, -0.2) is 0 Å². The lowest BCUT2D eigenvalue weighted by atomic mass is 9.66. The van der Waals surface area contributed by atoms with Crippen molar-refractivity contribution in [2.45, 2.75) is 20.6 Å². The largest absolute Gasteiger partial charge is 0.457 e. The summed E-state index contributed by atoms with van der Waals surface area (Å²) in [6.07, 6.45) is 0. The van der Waals surface area contributed by atoms with Gasteiger partial charge < -0.3 is 9.64 Å². The van der Waals surface area contributed by atoms with E-state index in [1.807, 2.05) is 11.8 Å². The molecule has 0 saturated heterocycles. The van der Waals surface area contributed by atoms with Crippen LogP contribution in [0.5, 0.6) is 11.5 Å². The van der Waals surface area contributed by atoms with Crippen LogP contribution in [-0.2, 0) is 10.8 Å². The molecule has 0 saturated carbocycles. The van der Waals surface area contributed by atoms with E-state index in [4.69, 9.17) is 4.74 Å². The highest BCUT2D eigenvalue weighted by Crippen LogP contribution is 2.67. The van der Waals surface area contributed by atoms with Crippen molar-refractivity contribution < 1.29 is 4.74 Å². The van der Waals surface area contributed by atoms with Crippen molar-refractivity contribution in [3.05, 3.63) is 305 Å². The van der Waals surface area contributed by atoms with Gasteiger partial charge in [-0.2, -0.15) is 0 Å². The van der Waals surface area contributed by atoms with Gasteiger partial charge in [-0.1, -0.05) is 236 Å². The minimum Gasteiger partial charge on any atom is -0.457 e. The van der Waals surface area contributed by atoms with Crippen molar-refractivity contribution >= 4 is 28.8 Å². The third-order valence-corrected chi connectivity index (χ3v) is 16.8. The van der Waals surface area contributed by atoms with E-state index in [0.29, 0.717) is 0 Å². The number of nitrogens with zero attached hydrogens (tertiary/aromatic N) is 1. The molecule has 0 bridgehead atoms. The summed E-state index contributed by atoms with van der Waals surface area (Å²) in [6, 6.07) is 96.6. The molecule has 15 rings (SSSR count). The van der Waals surface area contributed by atoms with Crippen LogP contribution >= 0.6 is 11.8 Å². The molecule has 2 aliphatic carbocycles. The second kappa shape index (κ2) is 15.4. The fourth-order valence-electron chi connectivity index (χ4n) is 12.9. The number of fused-ring (bicyclic) bond motifs is 18. The predicted octanol–water partition coefficient (Wildman–Crippen LogP) is 17.8. The highest BCUT2D eigenvalue weighted by Gasteiger charge is 2.53. The number of benzene rings is 11. The number of hydrogen-bond acceptors (Lipinski definition) is 3. The second-order valence-corrected chi connectivity index (χ2v) is 20.0. The molecule has 332 valence electrons. The van der Waals surface area contributed by atoms with Gasteiger partial charge in [0.05, 0.1) is 27.9 Å². The summed E-state index contributed by atoms with van der Waals surface area (Å²) < 4.78 is 6.79. The molecule has 2 aliphatic heterocycles. The molecule has 2 heterocycles. The van der Waals surface area contributed by atoms with E-state index in [1.54, 1.807) is 0 Å². The molecular formula is C68H43NOS. The summed E-state index contributed by atoms with van der Waals surface area (Å²) in [5.41, 5.74) is 22.0. The first-order chi connectivity index (χ1) is 35.2. The maximum absolute atomic E-state index is 6.79. The van der Waals surface area contributed by atoms with E-state index in [1.165, 1.54) is 76.6 Å². The topological polar surface area (TPSA) is 12.5 Å². The summed E-state index contributed by atoms with van der Waals surface area (Å²) >= 11 is 1.90. The minimum absolute atomic E-state index is 0.538. The van der Waals surface area contributed by atoms with Crippen LogP contribution in [0.25, 0.3) is 44.5 Å². The maximum Gasteiger partial charge on any atom is 0.132 e. The number of rotatable bonds is 5. The minimum atomic E-state index is -0.628. The highest BCUT2D eigenvalue weighted by molar-refractivity contribution is 7.99. The Morgan fingerprint density at radius 1 is 0.282 bits per heavy atom. The number of ether oxygens (including phenoxy) is 1. The van der Waals surface area contributed by atoms with Gasteiger partial charge in [0.25, 0.3) is 0 Å². The Hall–Kier alpha value is -8.63. The van der Waals surface area contributed by atoms with Crippen molar-refractivity contribution in [3.8, 4) is 56.0 Å². The highest BCUT2D eigenvalue weighted by atomic mass is 32.2. The monoisotopic (exact) mass is 921 g/mol. The first kappa shape index (κ1) is 40.3. The standard InChI is InChI=1S/C68H43NOS/c1-2-20-44(21-3-1)45-40-42-46(43-41-45)47-22-7-14-34-59(47)69(60-35-18-32-57-65(60)50-25-6-10-28-53(50)68(57)54-29-11-15-37-62(54)70-63-38-16-12-30-55(63)68)61-36-19-33-58-66(61)71-64-39-17-13-31-56(64)67(58)51-26-8-4-23-48(51)49-24-5-9-27-52(49)67/h1-43H. The first-order valence-electron chi connectivity index (χ1n) is 24.5. The van der Waals surface area contributed by atoms with E-state index >= 15 is 0 Å². The molecule has 0 N–H and O–H groups in total. The van der Waals surface area contributed by atoms with E-state index in [9.17, 15) is 0 Å². The SMILES string of the molecule is c1ccc(-c2ccc(-c3ccccc3N(c3cccc4c3Sc3ccccc3C43c4ccccc4-c4ccccc43)c3cccc4c3-c3ccccc3C43c4ccccc4Oc4ccccc43)cc2)cc1. The summed E-state index contributed by atoms with van der Waals surface area (Å²) in [7, 11) is 0. The zero-order chi connectivity index (χ0) is 46.7. The number of para-hydroxylation sites is 3. The quantitative estimate of drug-likeness (QED) is 0.171. The molecule has 11 aromatic rings. The fraction of sp³-hybridized carbons (Fsp3) is 0.0294. The van der Waals surface area contributed by atoms with Crippen LogP contribution in [0.2, 0.25) is 0 Å². The van der Waals surface area contributed by atoms with Gasteiger partial charge in [-0.3, -0.25) is 0 Å². The first-order valence-corrected chi connectivity index (χ1v) is 25.3. The summed E-state index contributed by atoms with van der Waals surface area (Å²) in [6.45, 7) is 0. The third kappa shape index (κ3) is 5.50. The van der Waals surface area contributed by atoms with Crippen LogP contribution in [0.4, 0.5) is 17.1 Å². The van der Waals surface area contributed by atoms with Crippen molar-refractivity contribution in [1.29, 1.82) is 0 Å². The Kier molecular flexibility index (Phi) is 8.76. The molecule has 11 aromatic carbocycles. The fourth-order valence-corrected chi connectivity index (χ4v) is 14.2. The molecule has 0 radical (unpaired) electrons. The summed E-state index contributed by atoms with van der Waals surface area (Å²) in [4.78, 5) is 5.11. The molecule has 0 fully saturated rings. The van der Waals surface area contributed by atoms with Crippen molar-refractivity contribution in [1.82, 2.24) is 0 Å². The van der Waals surface area contributed by atoms with Gasteiger partial charge >= 0.3 is 0 Å². The van der Waals surface area contributed by atoms with Gasteiger partial charge in [-0.05, 0) is 103 Å². The molecule has 71 heavy (non-hydrogen) atoms. The smallest absolute Gasteiger partial charge is 0.132 e. The lowest BCUT2D eigenvalue weighted by Crippen LogP contribution is -2.32. The number of hydrogen-bond donors (Lipinski definition) is 0. The molecule has 2 nitrogen and oxygen atoms in total. The molecule has 4 aliphatic rings. The van der Waals surface area contributed by atoms with Crippen LogP contribution < -0.4 is 9.64 Å². The van der Waals surface area contributed by atoms with Gasteiger partial charge in [-0.15, -0.1) is 0 Å². The Morgan fingerprint density at radius 2 is 0.718 bits per heavy atom. The Morgan fingerprint density at radius 3 is 1.39 bits per heavy atom. The van der Waals surface area contributed by atoms with E-state index in [0.717, 1.165) is 50.8 Å². The molecule has 3 heteroatoms. The normalized spacial score (nSPS) is 14.2. The third-order valence-electron chi connectivity index (χ3n) is 15.6. The van der Waals surface area contributed by atoms with E-state index in [-0.39, 0.29) is 0 Å². The molecule has 2 spiro atoms. The van der Waals surface area contributed by atoms with Crippen LogP contribution in [0.1, 0.15) is 44.5 Å². The van der Waals surface area contributed by atoms with Crippen molar-refractivity contribution in [3.63, 3.8) is 0 Å². The van der Waals surface area contributed by atoms with Gasteiger partial charge in [0, 0.05) is 32.0 Å². The second-order valence-electron chi connectivity index (χ2n) is 19.0. The predicted molar refractivity (Wildman–Crippen MR) is 291 cm³/mol. The van der Waals surface area contributed by atoms with Crippen LogP contribution in [0, 0.1) is 0 Å². The average molecular weight is 922 g/mol. The van der Waals surface area contributed by atoms with Crippen LogP contribution in [0.3, 0.4) is 0 Å². The molecule has 0 atom stereocenters. The maximum atomic E-state index is 6.79. The van der Waals surface area contributed by atoms with Crippen molar-refractivity contribution in [2.24, 2.45) is 0 Å². The van der Waals surface area contributed by atoms with Gasteiger partial charge in [0.15, 0.2) is 0 Å². The van der Waals surface area contributed by atoms with Gasteiger partial charge in [0.1, 0.15) is 11.5 Å². The summed E-state index contributed by atoms with van der Waals surface area (Å²) in [5, 5.41) is 0.